The van der Waals surface area contributed by atoms with E-state index in [1.807, 2.05) is 36.4 Å². The summed E-state index contributed by atoms with van der Waals surface area (Å²) in [5.41, 5.74) is 2.36. The number of hydrogen-bond acceptors (Lipinski definition) is 2. The van der Waals surface area contributed by atoms with Crippen molar-refractivity contribution in [3.8, 4) is 0 Å². The molecule has 110 valence electrons. The van der Waals surface area contributed by atoms with Crippen LogP contribution in [0.15, 0.2) is 60.7 Å². The lowest BCUT2D eigenvalue weighted by Crippen LogP contribution is -2.25. The Balaban J connectivity index is 1.62. The topological polar surface area (TPSA) is 42.0 Å². The molecular weight excluding hydrogens is 279 g/mol. The van der Waals surface area contributed by atoms with Gasteiger partial charge in [0.25, 0.3) is 0 Å². The van der Waals surface area contributed by atoms with Gasteiger partial charge in [-0.2, -0.15) is 0 Å². The summed E-state index contributed by atoms with van der Waals surface area (Å²) in [7, 11) is 0. The molecule has 0 atom stereocenters. The second-order valence-electron chi connectivity index (χ2n) is 5.08. The van der Waals surface area contributed by atoms with E-state index in [1.165, 1.54) is 12.1 Å². The maximum atomic E-state index is 13.1. The zero-order valence-electron chi connectivity index (χ0n) is 11.9. The van der Waals surface area contributed by atoms with Crippen LogP contribution in [0.4, 0.5) is 4.39 Å². The number of pyridine rings is 1. The largest absolute Gasteiger partial charge is 0.350 e. The van der Waals surface area contributed by atoms with Gasteiger partial charge in [-0.3, -0.25) is 9.78 Å². The number of nitrogens with one attached hydrogen (secondary N) is 1. The number of para-hydroxylation sites is 1. The van der Waals surface area contributed by atoms with Crippen LogP contribution in [-0.4, -0.2) is 10.9 Å². The average molecular weight is 294 g/mol. The quantitative estimate of drug-likeness (QED) is 0.802. The van der Waals surface area contributed by atoms with Gasteiger partial charge in [0, 0.05) is 5.39 Å². The third-order valence-corrected chi connectivity index (χ3v) is 3.38. The third kappa shape index (κ3) is 3.47. The van der Waals surface area contributed by atoms with Crippen LogP contribution in [0.1, 0.15) is 11.3 Å². The van der Waals surface area contributed by atoms with Gasteiger partial charge in [-0.1, -0.05) is 36.4 Å². The van der Waals surface area contributed by atoms with E-state index in [9.17, 15) is 9.18 Å². The summed E-state index contributed by atoms with van der Waals surface area (Å²) in [4.78, 5) is 16.4. The van der Waals surface area contributed by atoms with Gasteiger partial charge in [-0.15, -0.1) is 0 Å². The summed E-state index contributed by atoms with van der Waals surface area (Å²) in [6, 6.07) is 17.8. The second kappa shape index (κ2) is 6.35. The maximum Gasteiger partial charge on any atom is 0.224 e. The Morgan fingerprint density at radius 3 is 2.77 bits per heavy atom. The van der Waals surface area contributed by atoms with Crippen LogP contribution in [0, 0.1) is 5.82 Å². The van der Waals surface area contributed by atoms with E-state index in [-0.39, 0.29) is 18.1 Å². The van der Waals surface area contributed by atoms with Gasteiger partial charge in [-0.25, -0.2) is 4.39 Å². The van der Waals surface area contributed by atoms with Crippen LogP contribution >= 0.6 is 0 Å². The third-order valence-electron chi connectivity index (χ3n) is 3.38. The molecule has 1 aromatic heterocycles. The fraction of sp³-hybridized carbons (Fsp3) is 0.111. The van der Waals surface area contributed by atoms with Crippen molar-refractivity contribution >= 4 is 16.8 Å². The van der Waals surface area contributed by atoms with Gasteiger partial charge < -0.3 is 5.32 Å². The molecule has 3 aromatic rings. The van der Waals surface area contributed by atoms with E-state index < -0.39 is 0 Å². The molecule has 0 saturated carbocycles. The zero-order valence-corrected chi connectivity index (χ0v) is 11.9. The van der Waals surface area contributed by atoms with E-state index in [0.29, 0.717) is 12.1 Å². The summed E-state index contributed by atoms with van der Waals surface area (Å²) >= 11 is 0. The minimum atomic E-state index is -0.332. The molecular formula is C18H15FN2O. The standard InChI is InChI=1S/C18H15FN2O/c19-15-6-3-4-13(10-15)11-18(22)20-12-16-9-8-14-5-1-2-7-17(14)21-16/h1-10H,11-12H2,(H,20,22). The fourth-order valence-corrected chi connectivity index (χ4v) is 2.29. The van der Waals surface area contributed by atoms with Crippen molar-refractivity contribution < 1.29 is 9.18 Å². The van der Waals surface area contributed by atoms with Crippen molar-refractivity contribution in [1.82, 2.24) is 10.3 Å². The number of hydrogen-bond donors (Lipinski definition) is 1. The Bertz CT molecular complexity index is 817. The van der Waals surface area contributed by atoms with Gasteiger partial charge in [0.1, 0.15) is 5.82 Å². The Labute approximate surface area is 127 Å². The SMILES string of the molecule is O=C(Cc1cccc(F)c1)NCc1ccc2ccccc2n1. The Morgan fingerprint density at radius 1 is 1.05 bits per heavy atom. The predicted molar refractivity (Wildman–Crippen MR) is 83.7 cm³/mol. The summed E-state index contributed by atoms with van der Waals surface area (Å²) < 4.78 is 13.1. The molecule has 3 rings (SSSR count). The van der Waals surface area contributed by atoms with E-state index in [0.717, 1.165) is 16.6 Å². The highest BCUT2D eigenvalue weighted by molar-refractivity contribution is 5.79. The molecule has 0 bridgehead atoms. The van der Waals surface area contributed by atoms with Crippen LogP contribution in [0.3, 0.4) is 0 Å². The predicted octanol–water partition coefficient (Wildman–Crippen LogP) is 3.23. The van der Waals surface area contributed by atoms with Crippen LogP contribution in [0.2, 0.25) is 0 Å². The number of halogens is 1. The molecule has 0 aliphatic heterocycles. The van der Waals surface area contributed by atoms with Gasteiger partial charge in [0.05, 0.1) is 24.2 Å². The number of benzene rings is 2. The van der Waals surface area contributed by atoms with E-state index >= 15 is 0 Å². The van der Waals surface area contributed by atoms with Crippen LogP contribution in [-0.2, 0) is 17.8 Å². The Kier molecular flexibility index (Phi) is 4.10. The Hall–Kier alpha value is -2.75. The highest BCUT2D eigenvalue weighted by Crippen LogP contribution is 2.11. The number of nitrogens with zero attached hydrogens (tertiary/aromatic N) is 1. The first kappa shape index (κ1) is 14.2. The molecule has 0 fully saturated rings. The first-order valence-corrected chi connectivity index (χ1v) is 7.06. The lowest BCUT2D eigenvalue weighted by atomic mass is 10.1. The molecule has 0 radical (unpaired) electrons. The molecule has 3 nitrogen and oxygen atoms in total. The average Bonchev–Trinajstić information content (AvgIpc) is 2.53. The lowest BCUT2D eigenvalue weighted by Gasteiger charge is -2.06. The first-order valence-electron chi connectivity index (χ1n) is 7.06. The molecule has 0 aliphatic carbocycles. The maximum absolute atomic E-state index is 13.1. The molecule has 0 unspecified atom stereocenters. The van der Waals surface area contributed by atoms with Crippen LogP contribution in [0.25, 0.3) is 10.9 Å². The van der Waals surface area contributed by atoms with E-state index in [1.54, 1.807) is 12.1 Å². The van der Waals surface area contributed by atoms with Gasteiger partial charge in [-0.05, 0) is 29.8 Å². The molecule has 0 spiro atoms. The molecule has 2 aromatic carbocycles. The monoisotopic (exact) mass is 294 g/mol. The molecule has 4 heteroatoms. The second-order valence-corrected chi connectivity index (χ2v) is 5.08. The van der Waals surface area contributed by atoms with E-state index in [4.69, 9.17) is 0 Å². The number of amides is 1. The highest BCUT2D eigenvalue weighted by Gasteiger charge is 2.05. The fourth-order valence-electron chi connectivity index (χ4n) is 2.29. The minimum absolute atomic E-state index is 0.152. The van der Waals surface area contributed by atoms with Gasteiger partial charge in [0.2, 0.25) is 5.91 Å². The lowest BCUT2D eigenvalue weighted by molar-refractivity contribution is -0.120. The van der Waals surface area contributed by atoms with Crippen molar-refractivity contribution in [1.29, 1.82) is 0 Å². The van der Waals surface area contributed by atoms with Crippen molar-refractivity contribution in [2.45, 2.75) is 13.0 Å². The molecule has 0 aliphatic rings. The smallest absolute Gasteiger partial charge is 0.224 e. The normalized spacial score (nSPS) is 10.6. The molecule has 1 amide bonds. The number of aromatic nitrogens is 1. The molecule has 22 heavy (non-hydrogen) atoms. The summed E-state index contributed by atoms with van der Waals surface area (Å²) in [6.45, 7) is 0.360. The number of carbonyl (C=O) groups excluding carboxylic acids is 1. The highest BCUT2D eigenvalue weighted by atomic mass is 19.1. The minimum Gasteiger partial charge on any atom is -0.350 e. The summed E-state index contributed by atoms with van der Waals surface area (Å²) in [5.74, 6) is -0.484. The molecule has 0 saturated heterocycles. The first-order chi connectivity index (χ1) is 10.7. The van der Waals surface area contributed by atoms with Crippen molar-refractivity contribution in [3.63, 3.8) is 0 Å². The van der Waals surface area contributed by atoms with Crippen molar-refractivity contribution in [2.24, 2.45) is 0 Å². The van der Waals surface area contributed by atoms with Gasteiger partial charge in [0.15, 0.2) is 0 Å². The van der Waals surface area contributed by atoms with Crippen molar-refractivity contribution in [2.75, 3.05) is 0 Å². The van der Waals surface area contributed by atoms with Crippen LogP contribution in [0.5, 0.6) is 0 Å². The Morgan fingerprint density at radius 2 is 1.91 bits per heavy atom. The van der Waals surface area contributed by atoms with E-state index in [2.05, 4.69) is 10.3 Å². The number of rotatable bonds is 4. The number of fused-ring (bicyclic) bond motifs is 1. The van der Waals surface area contributed by atoms with Crippen LogP contribution < -0.4 is 5.32 Å². The molecule has 1 N–H and O–H groups in total. The summed E-state index contributed by atoms with van der Waals surface area (Å²) in [6.07, 6.45) is 0.158. The molecule has 1 heterocycles. The number of carbonyl (C=O) groups is 1. The zero-order chi connectivity index (χ0) is 15.4. The van der Waals surface area contributed by atoms with Gasteiger partial charge >= 0.3 is 0 Å². The van der Waals surface area contributed by atoms with Crippen molar-refractivity contribution in [3.05, 3.63) is 77.7 Å². The summed E-state index contributed by atoms with van der Waals surface area (Å²) in [5, 5.41) is 3.87.